The summed E-state index contributed by atoms with van der Waals surface area (Å²) in [6.07, 6.45) is 4.42. The molecule has 100 valence electrons. The molecular formula is C15H17FN2O. The molecule has 19 heavy (non-hydrogen) atoms. The molecule has 3 nitrogen and oxygen atoms in total. The molecule has 0 radical (unpaired) electrons. The molecule has 1 aromatic heterocycles. The quantitative estimate of drug-likeness (QED) is 0.869. The van der Waals surface area contributed by atoms with Crippen LogP contribution in [0, 0.1) is 5.82 Å². The maximum Gasteiger partial charge on any atom is 0.126 e. The van der Waals surface area contributed by atoms with E-state index in [0.29, 0.717) is 5.56 Å². The first-order chi connectivity index (χ1) is 9.16. The number of hydrogen-bond donors (Lipinski definition) is 2. The van der Waals surface area contributed by atoms with E-state index in [1.54, 1.807) is 18.5 Å². The normalized spacial score (nSPS) is 12.3. The highest BCUT2D eigenvalue weighted by Crippen LogP contribution is 2.24. The van der Waals surface area contributed by atoms with Crippen LogP contribution in [0.2, 0.25) is 0 Å². The number of aromatic hydroxyl groups is 1. The van der Waals surface area contributed by atoms with Gasteiger partial charge in [-0.15, -0.1) is 0 Å². The first-order valence-corrected chi connectivity index (χ1v) is 6.27. The number of benzene rings is 1. The standard InChI is InChI=1S/C15H17FN2O/c1-11(14-3-2-13(16)10-15(14)19)18-9-6-12-4-7-17-8-5-12/h2-5,7-8,10-11,18-19H,6,9H2,1H3. The fourth-order valence-corrected chi connectivity index (χ4v) is 1.98. The second-order valence-electron chi connectivity index (χ2n) is 4.48. The minimum atomic E-state index is -0.426. The van der Waals surface area contributed by atoms with Crippen molar-refractivity contribution in [2.75, 3.05) is 6.54 Å². The van der Waals surface area contributed by atoms with Crippen LogP contribution in [0.4, 0.5) is 4.39 Å². The second kappa shape index (κ2) is 6.29. The van der Waals surface area contributed by atoms with Gasteiger partial charge in [-0.1, -0.05) is 6.07 Å². The van der Waals surface area contributed by atoms with Crippen LogP contribution in [-0.2, 0) is 6.42 Å². The van der Waals surface area contributed by atoms with Crippen LogP contribution in [-0.4, -0.2) is 16.6 Å². The minimum Gasteiger partial charge on any atom is -0.508 e. The van der Waals surface area contributed by atoms with Crippen LogP contribution in [0.5, 0.6) is 5.75 Å². The average Bonchev–Trinajstić information content (AvgIpc) is 2.39. The topological polar surface area (TPSA) is 45.2 Å². The van der Waals surface area contributed by atoms with Gasteiger partial charge in [-0.3, -0.25) is 4.98 Å². The highest BCUT2D eigenvalue weighted by atomic mass is 19.1. The summed E-state index contributed by atoms with van der Waals surface area (Å²) in [7, 11) is 0. The van der Waals surface area contributed by atoms with Crippen LogP contribution in [0.3, 0.4) is 0 Å². The summed E-state index contributed by atoms with van der Waals surface area (Å²) < 4.78 is 12.9. The largest absolute Gasteiger partial charge is 0.508 e. The number of nitrogens with zero attached hydrogens (tertiary/aromatic N) is 1. The van der Waals surface area contributed by atoms with Gasteiger partial charge in [-0.2, -0.15) is 0 Å². The zero-order chi connectivity index (χ0) is 13.7. The molecule has 2 N–H and O–H groups in total. The van der Waals surface area contributed by atoms with Crippen LogP contribution in [0.1, 0.15) is 24.1 Å². The van der Waals surface area contributed by atoms with Crippen molar-refractivity contribution >= 4 is 0 Å². The van der Waals surface area contributed by atoms with Crippen LogP contribution < -0.4 is 5.32 Å². The second-order valence-corrected chi connectivity index (χ2v) is 4.48. The Hall–Kier alpha value is -1.94. The molecule has 0 aliphatic carbocycles. The van der Waals surface area contributed by atoms with Crippen LogP contribution in [0.15, 0.2) is 42.7 Å². The molecule has 0 aliphatic heterocycles. The lowest BCUT2D eigenvalue weighted by Crippen LogP contribution is -2.21. The fraction of sp³-hybridized carbons (Fsp3) is 0.267. The minimum absolute atomic E-state index is 0.0103. The molecule has 1 heterocycles. The number of aromatic nitrogens is 1. The van der Waals surface area contributed by atoms with E-state index in [2.05, 4.69) is 10.3 Å². The van der Waals surface area contributed by atoms with E-state index in [9.17, 15) is 9.50 Å². The molecule has 0 spiro atoms. The molecule has 0 bridgehead atoms. The van der Waals surface area contributed by atoms with E-state index in [0.717, 1.165) is 19.0 Å². The molecule has 1 unspecified atom stereocenters. The van der Waals surface area contributed by atoms with E-state index >= 15 is 0 Å². The molecule has 4 heteroatoms. The lowest BCUT2D eigenvalue weighted by molar-refractivity contribution is 0.447. The molecule has 0 amide bonds. The van der Waals surface area contributed by atoms with Gasteiger partial charge in [0.15, 0.2) is 0 Å². The Bertz CT molecular complexity index is 531. The van der Waals surface area contributed by atoms with Gasteiger partial charge in [-0.25, -0.2) is 4.39 Å². The van der Waals surface area contributed by atoms with Gasteiger partial charge in [0.1, 0.15) is 11.6 Å². The predicted octanol–water partition coefficient (Wildman–Crippen LogP) is 2.82. The Morgan fingerprint density at radius 1 is 1.26 bits per heavy atom. The van der Waals surface area contributed by atoms with Gasteiger partial charge < -0.3 is 10.4 Å². The van der Waals surface area contributed by atoms with Gasteiger partial charge in [0.05, 0.1) is 0 Å². The number of phenolic OH excluding ortho intramolecular Hbond substituents is 1. The molecule has 1 atom stereocenters. The van der Waals surface area contributed by atoms with E-state index in [4.69, 9.17) is 0 Å². The summed E-state index contributed by atoms with van der Waals surface area (Å²) in [4.78, 5) is 3.97. The third kappa shape index (κ3) is 3.76. The summed E-state index contributed by atoms with van der Waals surface area (Å²) >= 11 is 0. The molecule has 0 saturated carbocycles. The maximum absolute atomic E-state index is 12.9. The number of phenols is 1. The molecule has 0 saturated heterocycles. The third-order valence-corrected chi connectivity index (χ3v) is 3.07. The summed E-state index contributed by atoms with van der Waals surface area (Å²) in [6.45, 7) is 2.72. The van der Waals surface area contributed by atoms with Gasteiger partial charge in [0, 0.05) is 30.1 Å². The molecule has 2 rings (SSSR count). The SMILES string of the molecule is CC(NCCc1ccncc1)c1ccc(F)cc1O. The van der Waals surface area contributed by atoms with Crippen molar-refractivity contribution in [3.8, 4) is 5.75 Å². The Labute approximate surface area is 112 Å². The highest BCUT2D eigenvalue weighted by Gasteiger charge is 2.10. The average molecular weight is 260 g/mol. The van der Waals surface area contributed by atoms with Crippen molar-refractivity contribution in [1.82, 2.24) is 10.3 Å². The van der Waals surface area contributed by atoms with Crippen molar-refractivity contribution in [1.29, 1.82) is 0 Å². The number of nitrogens with one attached hydrogen (secondary N) is 1. The van der Waals surface area contributed by atoms with Gasteiger partial charge in [0.2, 0.25) is 0 Å². The van der Waals surface area contributed by atoms with Gasteiger partial charge in [-0.05, 0) is 43.7 Å². The van der Waals surface area contributed by atoms with Crippen molar-refractivity contribution < 1.29 is 9.50 Å². The van der Waals surface area contributed by atoms with E-state index in [1.807, 2.05) is 19.1 Å². The summed E-state index contributed by atoms with van der Waals surface area (Å²) in [5.74, 6) is -0.436. The van der Waals surface area contributed by atoms with Crippen molar-refractivity contribution in [2.24, 2.45) is 0 Å². The summed E-state index contributed by atoms with van der Waals surface area (Å²) in [5.41, 5.74) is 1.91. The van der Waals surface area contributed by atoms with Crippen molar-refractivity contribution in [2.45, 2.75) is 19.4 Å². The van der Waals surface area contributed by atoms with Crippen molar-refractivity contribution in [3.05, 3.63) is 59.7 Å². The molecule has 1 aromatic carbocycles. The highest BCUT2D eigenvalue weighted by molar-refractivity contribution is 5.34. The molecule has 2 aromatic rings. The number of halogens is 1. The number of rotatable bonds is 5. The Morgan fingerprint density at radius 3 is 2.68 bits per heavy atom. The Morgan fingerprint density at radius 2 is 2.00 bits per heavy atom. The Balaban J connectivity index is 1.89. The fourth-order valence-electron chi connectivity index (χ4n) is 1.98. The first kappa shape index (κ1) is 13.5. The first-order valence-electron chi connectivity index (χ1n) is 6.27. The number of hydrogen-bond acceptors (Lipinski definition) is 3. The molecular weight excluding hydrogens is 243 g/mol. The third-order valence-electron chi connectivity index (χ3n) is 3.07. The summed E-state index contributed by atoms with van der Waals surface area (Å²) in [5, 5.41) is 13.0. The zero-order valence-corrected chi connectivity index (χ0v) is 10.8. The van der Waals surface area contributed by atoms with Gasteiger partial charge in [0.25, 0.3) is 0 Å². The summed E-state index contributed by atoms with van der Waals surface area (Å²) in [6, 6.07) is 8.02. The Kier molecular flexibility index (Phi) is 4.47. The predicted molar refractivity (Wildman–Crippen MR) is 72.4 cm³/mol. The van der Waals surface area contributed by atoms with Crippen molar-refractivity contribution in [3.63, 3.8) is 0 Å². The smallest absolute Gasteiger partial charge is 0.126 e. The number of pyridine rings is 1. The zero-order valence-electron chi connectivity index (χ0n) is 10.8. The van der Waals surface area contributed by atoms with Gasteiger partial charge >= 0.3 is 0 Å². The van der Waals surface area contributed by atoms with Crippen LogP contribution >= 0.6 is 0 Å². The monoisotopic (exact) mass is 260 g/mol. The maximum atomic E-state index is 12.9. The van der Waals surface area contributed by atoms with E-state index < -0.39 is 5.82 Å². The van der Waals surface area contributed by atoms with Crippen LogP contribution in [0.25, 0.3) is 0 Å². The molecule has 0 aliphatic rings. The lowest BCUT2D eigenvalue weighted by Gasteiger charge is -2.15. The lowest BCUT2D eigenvalue weighted by atomic mass is 10.1. The molecule has 0 fully saturated rings. The van der Waals surface area contributed by atoms with E-state index in [-0.39, 0.29) is 11.8 Å². The van der Waals surface area contributed by atoms with E-state index in [1.165, 1.54) is 11.6 Å².